The molecule has 25 heavy (non-hydrogen) atoms. The van der Waals surface area contributed by atoms with Crippen molar-refractivity contribution in [3.63, 3.8) is 0 Å². The third-order valence-electron chi connectivity index (χ3n) is 4.06. The van der Waals surface area contributed by atoms with Gasteiger partial charge < -0.3 is 14.4 Å². The fourth-order valence-corrected chi connectivity index (χ4v) is 3.15. The fraction of sp³-hybridized carbons (Fsp3) is 0.625. The van der Waals surface area contributed by atoms with Crippen LogP contribution in [0.1, 0.15) is 33.6 Å². The minimum atomic E-state index is -0.527. The lowest BCUT2D eigenvalue weighted by molar-refractivity contribution is -0.122. The lowest BCUT2D eigenvalue weighted by Crippen LogP contribution is -2.52. The Hall–Kier alpha value is -2.09. The smallest absolute Gasteiger partial charge is 0.410 e. The molecular formula is C16H21ClN4O4. The predicted molar refractivity (Wildman–Crippen MR) is 90.9 cm³/mol. The van der Waals surface area contributed by atoms with Crippen molar-refractivity contribution in [1.29, 1.82) is 0 Å². The Morgan fingerprint density at radius 2 is 2.00 bits per heavy atom. The number of hydrogen-bond donors (Lipinski definition) is 0. The van der Waals surface area contributed by atoms with Crippen LogP contribution in [0.25, 0.3) is 0 Å². The lowest BCUT2D eigenvalue weighted by atomic mass is 10.0. The molecule has 0 atom stereocenters. The topological polar surface area (TPSA) is 84.9 Å². The summed E-state index contributed by atoms with van der Waals surface area (Å²) in [5.41, 5.74) is -0.527. The van der Waals surface area contributed by atoms with E-state index in [4.69, 9.17) is 21.1 Å². The van der Waals surface area contributed by atoms with E-state index in [0.717, 1.165) is 0 Å². The van der Waals surface area contributed by atoms with Gasteiger partial charge in [-0.2, -0.15) is 0 Å². The predicted octanol–water partition coefficient (Wildman–Crippen LogP) is 2.25. The molecule has 1 saturated heterocycles. The molecular weight excluding hydrogens is 348 g/mol. The van der Waals surface area contributed by atoms with E-state index in [1.807, 2.05) is 20.8 Å². The van der Waals surface area contributed by atoms with E-state index in [9.17, 15) is 9.59 Å². The minimum Gasteiger partial charge on any atom is -0.477 e. The number of ether oxygens (including phenoxy) is 2. The van der Waals surface area contributed by atoms with Crippen LogP contribution in [0, 0.1) is 0 Å². The van der Waals surface area contributed by atoms with Crippen molar-refractivity contribution in [2.24, 2.45) is 0 Å². The van der Waals surface area contributed by atoms with Gasteiger partial charge in [0.25, 0.3) is 5.91 Å². The molecule has 1 aromatic heterocycles. The lowest BCUT2D eigenvalue weighted by Gasteiger charge is -2.40. The van der Waals surface area contributed by atoms with E-state index in [-0.39, 0.29) is 29.8 Å². The Kier molecular flexibility index (Phi) is 4.73. The van der Waals surface area contributed by atoms with Gasteiger partial charge in [-0.05, 0) is 33.6 Å². The standard InChI is InChI=1S/C16H21ClN4O4/c1-16(2,3)25-15(23)20-6-4-10(5-7-20)21-11(22)8-24-12-13(17)18-9-19-14(12)21/h9-10H,4-8H2,1-3H3. The number of amides is 2. The van der Waals surface area contributed by atoms with Gasteiger partial charge in [0.15, 0.2) is 23.3 Å². The van der Waals surface area contributed by atoms with Crippen molar-refractivity contribution < 1.29 is 19.1 Å². The largest absolute Gasteiger partial charge is 0.477 e. The highest BCUT2D eigenvalue weighted by atomic mass is 35.5. The molecule has 8 nitrogen and oxygen atoms in total. The molecule has 0 aromatic carbocycles. The monoisotopic (exact) mass is 368 g/mol. The highest BCUT2D eigenvalue weighted by Crippen LogP contribution is 2.37. The molecule has 9 heteroatoms. The number of rotatable bonds is 1. The molecule has 0 unspecified atom stereocenters. The molecule has 0 saturated carbocycles. The van der Waals surface area contributed by atoms with E-state index < -0.39 is 5.60 Å². The summed E-state index contributed by atoms with van der Waals surface area (Å²) in [6, 6.07) is -0.0696. The number of likely N-dealkylation sites (tertiary alicyclic amines) is 1. The Morgan fingerprint density at radius 1 is 1.32 bits per heavy atom. The van der Waals surface area contributed by atoms with Crippen molar-refractivity contribution in [3.8, 4) is 5.75 Å². The highest BCUT2D eigenvalue weighted by molar-refractivity contribution is 6.31. The number of carbonyl (C=O) groups excluding carboxylic acids is 2. The molecule has 2 aliphatic heterocycles. The van der Waals surface area contributed by atoms with Gasteiger partial charge in [-0.3, -0.25) is 9.69 Å². The van der Waals surface area contributed by atoms with Crippen LogP contribution >= 0.6 is 11.6 Å². The molecule has 0 bridgehead atoms. The maximum Gasteiger partial charge on any atom is 0.410 e. The number of carbonyl (C=O) groups is 2. The Labute approximate surface area is 151 Å². The van der Waals surface area contributed by atoms with Crippen LogP contribution in [0.15, 0.2) is 6.33 Å². The van der Waals surface area contributed by atoms with Gasteiger partial charge >= 0.3 is 6.09 Å². The minimum absolute atomic E-state index is 0.0696. The van der Waals surface area contributed by atoms with Gasteiger partial charge in [-0.1, -0.05) is 11.6 Å². The van der Waals surface area contributed by atoms with Crippen LogP contribution in [-0.2, 0) is 9.53 Å². The molecule has 1 aromatic rings. The highest BCUT2D eigenvalue weighted by Gasteiger charge is 2.37. The van der Waals surface area contributed by atoms with Crippen LogP contribution in [0.2, 0.25) is 5.15 Å². The summed E-state index contributed by atoms with van der Waals surface area (Å²) in [6.45, 7) is 6.45. The van der Waals surface area contributed by atoms with Gasteiger partial charge in [0.05, 0.1) is 0 Å². The molecule has 0 spiro atoms. The third-order valence-corrected chi connectivity index (χ3v) is 4.33. The van der Waals surface area contributed by atoms with Crippen molar-refractivity contribution in [2.45, 2.75) is 45.3 Å². The van der Waals surface area contributed by atoms with Gasteiger partial charge in [-0.15, -0.1) is 0 Å². The first kappa shape index (κ1) is 17.7. The molecule has 3 rings (SSSR count). The summed E-state index contributed by atoms with van der Waals surface area (Å²) < 4.78 is 10.8. The van der Waals surface area contributed by atoms with Crippen LogP contribution in [0.3, 0.4) is 0 Å². The number of piperidine rings is 1. The third kappa shape index (κ3) is 3.78. The van der Waals surface area contributed by atoms with Crippen LogP contribution < -0.4 is 9.64 Å². The quantitative estimate of drug-likeness (QED) is 0.707. The Bertz CT molecular complexity index is 683. The molecule has 3 heterocycles. The second-order valence-electron chi connectivity index (χ2n) is 7.07. The summed E-state index contributed by atoms with van der Waals surface area (Å²) in [7, 11) is 0. The molecule has 1 fully saturated rings. The number of hydrogen-bond acceptors (Lipinski definition) is 6. The number of aromatic nitrogens is 2. The average Bonchev–Trinajstić information content (AvgIpc) is 2.53. The zero-order valence-electron chi connectivity index (χ0n) is 14.5. The second kappa shape index (κ2) is 6.67. The number of anilines is 1. The van der Waals surface area contributed by atoms with E-state index in [1.165, 1.54) is 6.33 Å². The summed E-state index contributed by atoms with van der Waals surface area (Å²) in [6.07, 6.45) is 2.24. The van der Waals surface area contributed by atoms with Crippen molar-refractivity contribution >= 4 is 29.4 Å². The van der Waals surface area contributed by atoms with E-state index in [2.05, 4.69) is 9.97 Å². The summed E-state index contributed by atoms with van der Waals surface area (Å²) in [5, 5.41) is 0.189. The zero-order chi connectivity index (χ0) is 18.2. The normalized spacial score (nSPS) is 18.6. The van der Waals surface area contributed by atoms with Gasteiger partial charge in [0.2, 0.25) is 0 Å². The SMILES string of the molecule is CC(C)(C)OC(=O)N1CCC(N2C(=O)COc3c(Cl)ncnc32)CC1. The first-order valence-electron chi connectivity index (χ1n) is 8.19. The first-order valence-corrected chi connectivity index (χ1v) is 8.57. The second-order valence-corrected chi connectivity index (χ2v) is 7.43. The fourth-order valence-electron chi connectivity index (χ4n) is 2.97. The van der Waals surface area contributed by atoms with Crippen LogP contribution in [0.4, 0.5) is 10.6 Å². The van der Waals surface area contributed by atoms with Crippen molar-refractivity contribution in [1.82, 2.24) is 14.9 Å². The van der Waals surface area contributed by atoms with Crippen molar-refractivity contribution in [3.05, 3.63) is 11.5 Å². The zero-order valence-corrected chi connectivity index (χ0v) is 15.2. The van der Waals surface area contributed by atoms with E-state index in [1.54, 1.807) is 9.80 Å². The Morgan fingerprint density at radius 3 is 2.64 bits per heavy atom. The van der Waals surface area contributed by atoms with Gasteiger partial charge in [-0.25, -0.2) is 14.8 Å². The van der Waals surface area contributed by atoms with E-state index in [0.29, 0.717) is 37.5 Å². The summed E-state index contributed by atoms with van der Waals surface area (Å²) >= 11 is 6.04. The molecule has 136 valence electrons. The van der Waals surface area contributed by atoms with Gasteiger partial charge in [0, 0.05) is 19.1 Å². The average molecular weight is 369 g/mol. The summed E-state index contributed by atoms with van der Waals surface area (Å²) in [4.78, 5) is 35.9. The molecule has 2 aliphatic rings. The van der Waals surface area contributed by atoms with Crippen molar-refractivity contribution in [2.75, 3.05) is 24.6 Å². The maximum atomic E-state index is 12.4. The first-order chi connectivity index (χ1) is 11.8. The summed E-state index contributed by atoms with van der Waals surface area (Å²) in [5.74, 6) is 0.559. The maximum absolute atomic E-state index is 12.4. The molecule has 0 radical (unpaired) electrons. The number of fused-ring (bicyclic) bond motifs is 1. The molecule has 2 amide bonds. The van der Waals surface area contributed by atoms with E-state index >= 15 is 0 Å². The number of nitrogens with zero attached hydrogens (tertiary/aromatic N) is 4. The Balaban J connectivity index is 1.70. The molecule has 0 aliphatic carbocycles. The van der Waals surface area contributed by atoms with Gasteiger partial charge in [0.1, 0.15) is 11.9 Å². The number of halogens is 1. The van der Waals surface area contributed by atoms with Crippen LogP contribution in [0.5, 0.6) is 5.75 Å². The van der Waals surface area contributed by atoms with Crippen LogP contribution in [-0.4, -0.2) is 58.2 Å². The molecule has 0 N–H and O–H groups in total.